The molecule has 0 aromatic rings. The van der Waals surface area contributed by atoms with Crippen molar-refractivity contribution in [1.29, 1.82) is 0 Å². The van der Waals surface area contributed by atoms with Crippen molar-refractivity contribution in [3.8, 4) is 0 Å². The fourth-order valence-electron chi connectivity index (χ4n) is 4.14. The molecule has 0 aliphatic heterocycles. The quantitative estimate of drug-likeness (QED) is 0.701. The van der Waals surface area contributed by atoms with Crippen LogP contribution < -0.4 is 0 Å². The van der Waals surface area contributed by atoms with Crippen molar-refractivity contribution in [2.75, 3.05) is 0 Å². The molecule has 0 saturated heterocycles. The summed E-state index contributed by atoms with van der Waals surface area (Å²) in [5.74, 6) is 1.15. The van der Waals surface area contributed by atoms with Crippen LogP contribution in [0.4, 0.5) is 0 Å². The Hall–Kier alpha value is -0.0400. The molecular formula is C16H30O. The van der Waals surface area contributed by atoms with E-state index in [2.05, 4.69) is 13.8 Å². The Kier molecular flexibility index (Phi) is 4.52. The van der Waals surface area contributed by atoms with Gasteiger partial charge in [-0.1, -0.05) is 52.4 Å². The van der Waals surface area contributed by atoms with Crippen molar-refractivity contribution in [2.45, 2.75) is 84.2 Å². The van der Waals surface area contributed by atoms with Crippen LogP contribution in [0.2, 0.25) is 0 Å². The van der Waals surface area contributed by atoms with E-state index in [0.717, 1.165) is 0 Å². The molecule has 0 radical (unpaired) electrons. The van der Waals surface area contributed by atoms with E-state index in [1.165, 1.54) is 64.2 Å². The topological polar surface area (TPSA) is 20.2 Å². The van der Waals surface area contributed by atoms with Gasteiger partial charge in [-0.2, -0.15) is 0 Å². The third-order valence-electron chi connectivity index (χ3n) is 5.39. The van der Waals surface area contributed by atoms with Crippen molar-refractivity contribution in [3.05, 3.63) is 0 Å². The lowest BCUT2D eigenvalue weighted by atomic mass is 9.64. The molecule has 17 heavy (non-hydrogen) atoms. The van der Waals surface area contributed by atoms with Crippen LogP contribution in [0.25, 0.3) is 0 Å². The molecule has 0 amide bonds. The molecule has 2 unspecified atom stereocenters. The zero-order chi connectivity index (χ0) is 12.3. The van der Waals surface area contributed by atoms with E-state index in [0.29, 0.717) is 17.3 Å². The van der Waals surface area contributed by atoms with Gasteiger partial charge in [-0.05, 0) is 42.9 Å². The summed E-state index contributed by atoms with van der Waals surface area (Å²) in [4.78, 5) is 0. The van der Waals surface area contributed by atoms with Crippen LogP contribution in [-0.4, -0.2) is 11.2 Å². The summed E-state index contributed by atoms with van der Waals surface area (Å²) in [6, 6.07) is 0. The van der Waals surface area contributed by atoms with Crippen LogP contribution in [0.5, 0.6) is 0 Å². The highest BCUT2D eigenvalue weighted by Crippen LogP contribution is 2.45. The van der Waals surface area contributed by atoms with Gasteiger partial charge in [-0.3, -0.25) is 0 Å². The third kappa shape index (κ3) is 3.24. The second kappa shape index (κ2) is 5.73. The second-order valence-electron chi connectivity index (χ2n) is 7.08. The van der Waals surface area contributed by atoms with Crippen molar-refractivity contribution < 1.29 is 5.11 Å². The van der Waals surface area contributed by atoms with Crippen molar-refractivity contribution >= 4 is 0 Å². The van der Waals surface area contributed by atoms with Crippen LogP contribution in [0.3, 0.4) is 0 Å². The molecule has 2 atom stereocenters. The van der Waals surface area contributed by atoms with E-state index in [1.54, 1.807) is 0 Å². The van der Waals surface area contributed by atoms with E-state index >= 15 is 0 Å². The van der Waals surface area contributed by atoms with Gasteiger partial charge in [-0.25, -0.2) is 0 Å². The van der Waals surface area contributed by atoms with Crippen LogP contribution in [-0.2, 0) is 0 Å². The molecular weight excluding hydrogens is 208 g/mol. The van der Waals surface area contributed by atoms with Gasteiger partial charge < -0.3 is 5.11 Å². The van der Waals surface area contributed by atoms with Crippen molar-refractivity contribution in [3.63, 3.8) is 0 Å². The largest absolute Gasteiger partial charge is 0.393 e. The standard InChI is InChI=1S/C16H30O/c1-16(2)12-8-7-11-14(16)15(17)13-9-5-3-4-6-10-13/h13-15,17H,3-12H2,1-2H3. The van der Waals surface area contributed by atoms with Gasteiger partial charge in [0.05, 0.1) is 6.10 Å². The fourth-order valence-corrected chi connectivity index (χ4v) is 4.14. The maximum Gasteiger partial charge on any atom is 0.0601 e. The van der Waals surface area contributed by atoms with Gasteiger partial charge in [0.25, 0.3) is 0 Å². The van der Waals surface area contributed by atoms with E-state index in [-0.39, 0.29) is 6.10 Å². The minimum absolute atomic E-state index is 0.0246. The zero-order valence-corrected chi connectivity index (χ0v) is 11.8. The molecule has 0 bridgehead atoms. The van der Waals surface area contributed by atoms with Gasteiger partial charge in [0.2, 0.25) is 0 Å². The summed E-state index contributed by atoms with van der Waals surface area (Å²) in [5, 5.41) is 10.8. The van der Waals surface area contributed by atoms with Gasteiger partial charge in [0.1, 0.15) is 0 Å². The van der Waals surface area contributed by atoms with E-state index in [1.807, 2.05) is 0 Å². The van der Waals surface area contributed by atoms with Crippen LogP contribution in [0, 0.1) is 17.3 Å². The molecule has 2 aliphatic rings. The van der Waals surface area contributed by atoms with E-state index in [4.69, 9.17) is 0 Å². The summed E-state index contributed by atoms with van der Waals surface area (Å²) in [6.07, 6.45) is 13.2. The number of aliphatic hydroxyl groups excluding tert-OH is 1. The molecule has 1 N–H and O–H groups in total. The highest BCUT2D eigenvalue weighted by atomic mass is 16.3. The molecule has 0 aromatic heterocycles. The molecule has 2 rings (SSSR count). The van der Waals surface area contributed by atoms with Gasteiger partial charge in [0.15, 0.2) is 0 Å². The Morgan fingerprint density at radius 2 is 1.47 bits per heavy atom. The average molecular weight is 238 g/mol. The predicted octanol–water partition coefficient (Wildman–Crippen LogP) is 4.53. The number of hydrogen-bond donors (Lipinski definition) is 1. The molecule has 2 saturated carbocycles. The van der Waals surface area contributed by atoms with E-state index < -0.39 is 0 Å². The summed E-state index contributed by atoms with van der Waals surface area (Å²) >= 11 is 0. The molecule has 0 aromatic carbocycles. The Bertz CT molecular complexity index is 226. The molecule has 1 nitrogen and oxygen atoms in total. The first-order valence-corrected chi connectivity index (χ1v) is 7.79. The highest BCUT2D eigenvalue weighted by molar-refractivity contribution is 4.90. The molecule has 2 fully saturated rings. The monoisotopic (exact) mass is 238 g/mol. The normalized spacial score (nSPS) is 33.0. The number of hydrogen-bond acceptors (Lipinski definition) is 1. The van der Waals surface area contributed by atoms with Gasteiger partial charge in [-0.15, -0.1) is 0 Å². The highest BCUT2D eigenvalue weighted by Gasteiger charge is 2.39. The second-order valence-corrected chi connectivity index (χ2v) is 7.08. The summed E-state index contributed by atoms with van der Waals surface area (Å²) < 4.78 is 0. The van der Waals surface area contributed by atoms with E-state index in [9.17, 15) is 5.11 Å². The molecule has 0 heterocycles. The Labute approximate surface area is 107 Å². The maximum absolute atomic E-state index is 10.8. The lowest BCUT2D eigenvalue weighted by Crippen LogP contribution is -2.40. The first-order chi connectivity index (χ1) is 8.11. The Balaban J connectivity index is 1.99. The molecule has 1 heteroatoms. The third-order valence-corrected chi connectivity index (χ3v) is 5.39. The van der Waals surface area contributed by atoms with Crippen LogP contribution >= 0.6 is 0 Å². The SMILES string of the molecule is CC1(C)CCCCC1C(O)C1CCCCCC1. The first-order valence-electron chi connectivity index (χ1n) is 7.79. The summed E-state index contributed by atoms with van der Waals surface area (Å²) in [6.45, 7) is 4.74. The van der Waals surface area contributed by atoms with Crippen LogP contribution in [0.15, 0.2) is 0 Å². The predicted molar refractivity (Wildman–Crippen MR) is 72.9 cm³/mol. The maximum atomic E-state index is 10.8. The number of rotatable bonds is 2. The molecule has 100 valence electrons. The minimum Gasteiger partial charge on any atom is -0.393 e. The summed E-state index contributed by atoms with van der Waals surface area (Å²) in [7, 11) is 0. The number of aliphatic hydroxyl groups is 1. The zero-order valence-electron chi connectivity index (χ0n) is 11.8. The summed E-state index contributed by atoms with van der Waals surface area (Å²) in [5.41, 5.74) is 0.365. The smallest absolute Gasteiger partial charge is 0.0601 e. The Morgan fingerprint density at radius 1 is 0.882 bits per heavy atom. The molecule has 2 aliphatic carbocycles. The minimum atomic E-state index is -0.0246. The van der Waals surface area contributed by atoms with Crippen molar-refractivity contribution in [2.24, 2.45) is 17.3 Å². The average Bonchev–Trinajstić information content (AvgIpc) is 2.56. The lowest BCUT2D eigenvalue weighted by Gasteiger charge is -2.43. The first kappa shape index (κ1) is 13.4. The lowest BCUT2D eigenvalue weighted by molar-refractivity contribution is -0.0326. The molecule has 0 spiro atoms. The van der Waals surface area contributed by atoms with Crippen LogP contribution in [0.1, 0.15) is 78.1 Å². The van der Waals surface area contributed by atoms with Gasteiger partial charge in [0, 0.05) is 0 Å². The van der Waals surface area contributed by atoms with Gasteiger partial charge >= 0.3 is 0 Å². The van der Waals surface area contributed by atoms with Crippen molar-refractivity contribution in [1.82, 2.24) is 0 Å². The fraction of sp³-hybridized carbons (Fsp3) is 1.00. The Morgan fingerprint density at radius 3 is 2.06 bits per heavy atom.